The van der Waals surface area contributed by atoms with Crippen molar-refractivity contribution >= 4 is 10.0 Å². The molecule has 3 rings (SSSR count). The first-order chi connectivity index (χ1) is 12.9. The molecule has 1 aromatic rings. The van der Waals surface area contributed by atoms with Crippen LogP contribution < -0.4 is 0 Å². The minimum atomic E-state index is -3.18. The Morgan fingerprint density at radius 3 is 2.52 bits per heavy atom. The smallest absolute Gasteiger partial charge is 0.214 e. The first kappa shape index (κ1) is 20.7. The number of fused-ring (bicyclic) bond motifs is 2. The third-order valence-corrected chi connectivity index (χ3v) is 9.05. The second-order valence-corrected chi connectivity index (χ2v) is 10.5. The van der Waals surface area contributed by atoms with E-state index in [0.29, 0.717) is 36.6 Å². The van der Waals surface area contributed by atoms with Crippen molar-refractivity contribution in [3.8, 4) is 5.75 Å². The molecule has 0 aromatic heterocycles. The van der Waals surface area contributed by atoms with Crippen LogP contribution in [0.2, 0.25) is 0 Å². The molecule has 1 N–H and O–H groups in total. The van der Waals surface area contributed by atoms with Crippen LogP contribution in [0.15, 0.2) is 18.2 Å². The fraction of sp³-hybridized carbons (Fsp3) is 0.727. The number of benzene rings is 1. The summed E-state index contributed by atoms with van der Waals surface area (Å²) in [6.45, 7) is 7.17. The van der Waals surface area contributed by atoms with Crippen molar-refractivity contribution in [3.05, 3.63) is 29.3 Å². The third-order valence-electron chi connectivity index (χ3n) is 6.86. The van der Waals surface area contributed by atoms with E-state index in [1.807, 2.05) is 19.9 Å². The highest BCUT2D eigenvalue weighted by molar-refractivity contribution is 7.89. The summed E-state index contributed by atoms with van der Waals surface area (Å²) >= 11 is 0. The number of sulfonamides is 1. The molecular formula is C22H35NO3S. The zero-order valence-electron chi connectivity index (χ0n) is 17.0. The SMILES string of the molecule is CCCC1C[C@@H](CS(=O)(=O)N(CC)CC)C[C@@H]2Cc3c(O)cccc3C[C@@H]12. The molecule has 152 valence electrons. The maximum Gasteiger partial charge on any atom is 0.214 e. The van der Waals surface area contributed by atoms with Gasteiger partial charge in [-0.2, -0.15) is 0 Å². The Morgan fingerprint density at radius 1 is 1.11 bits per heavy atom. The molecule has 2 aliphatic carbocycles. The minimum Gasteiger partial charge on any atom is -0.508 e. The lowest BCUT2D eigenvalue weighted by Crippen LogP contribution is -2.42. The van der Waals surface area contributed by atoms with Gasteiger partial charge in [-0.05, 0) is 66.5 Å². The number of hydrogen-bond donors (Lipinski definition) is 1. The number of aromatic hydroxyl groups is 1. The molecule has 0 aliphatic heterocycles. The van der Waals surface area contributed by atoms with Crippen LogP contribution in [-0.4, -0.2) is 36.7 Å². The van der Waals surface area contributed by atoms with Gasteiger partial charge in [0.05, 0.1) is 5.75 Å². The van der Waals surface area contributed by atoms with Crippen LogP contribution in [0.1, 0.15) is 57.6 Å². The van der Waals surface area contributed by atoms with Crippen molar-refractivity contribution < 1.29 is 13.5 Å². The minimum absolute atomic E-state index is 0.237. The maximum atomic E-state index is 12.8. The van der Waals surface area contributed by atoms with Gasteiger partial charge in [-0.1, -0.05) is 45.7 Å². The van der Waals surface area contributed by atoms with Gasteiger partial charge in [0.15, 0.2) is 0 Å². The monoisotopic (exact) mass is 393 g/mol. The van der Waals surface area contributed by atoms with Gasteiger partial charge in [-0.25, -0.2) is 12.7 Å². The van der Waals surface area contributed by atoms with Crippen LogP contribution >= 0.6 is 0 Å². The van der Waals surface area contributed by atoms with Gasteiger partial charge >= 0.3 is 0 Å². The molecule has 0 bridgehead atoms. The summed E-state index contributed by atoms with van der Waals surface area (Å²) in [7, 11) is -3.18. The van der Waals surface area contributed by atoms with Gasteiger partial charge in [0.25, 0.3) is 0 Å². The third kappa shape index (κ3) is 4.34. The molecule has 2 aliphatic rings. The topological polar surface area (TPSA) is 57.6 Å². The molecule has 1 aromatic carbocycles. The van der Waals surface area contributed by atoms with E-state index in [1.165, 1.54) is 12.0 Å². The summed E-state index contributed by atoms with van der Waals surface area (Å²) in [5.41, 5.74) is 2.40. The van der Waals surface area contributed by atoms with Gasteiger partial charge < -0.3 is 5.11 Å². The second-order valence-electron chi connectivity index (χ2n) is 8.50. The lowest BCUT2D eigenvalue weighted by molar-refractivity contribution is 0.0958. The Kier molecular flexibility index (Phi) is 6.52. The predicted molar refractivity (Wildman–Crippen MR) is 110 cm³/mol. The van der Waals surface area contributed by atoms with Crippen LogP contribution in [0.25, 0.3) is 0 Å². The number of phenols is 1. The Balaban J connectivity index is 1.81. The molecule has 0 spiro atoms. The summed E-state index contributed by atoms with van der Waals surface area (Å²) in [5.74, 6) is 2.66. The second kappa shape index (κ2) is 8.52. The van der Waals surface area contributed by atoms with E-state index >= 15 is 0 Å². The van der Waals surface area contributed by atoms with E-state index in [2.05, 4.69) is 13.0 Å². The van der Waals surface area contributed by atoms with E-state index in [4.69, 9.17) is 0 Å². The van der Waals surface area contributed by atoms with Crippen LogP contribution in [0.4, 0.5) is 0 Å². The molecule has 27 heavy (non-hydrogen) atoms. The van der Waals surface area contributed by atoms with Crippen molar-refractivity contribution in [1.29, 1.82) is 0 Å². The van der Waals surface area contributed by atoms with E-state index in [1.54, 1.807) is 10.4 Å². The van der Waals surface area contributed by atoms with Crippen molar-refractivity contribution in [2.24, 2.45) is 23.7 Å². The molecule has 0 amide bonds. The van der Waals surface area contributed by atoms with Crippen molar-refractivity contribution in [3.63, 3.8) is 0 Å². The van der Waals surface area contributed by atoms with E-state index in [9.17, 15) is 13.5 Å². The van der Waals surface area contributed by atoms with Gasteiger partial charge in [-0.15, -0.1) is 0 Å². The van der Waals surface area contributed by atoms with Gasteiger partial charge in [0.2, 0.25) is 10.0 Å². The van der Waals surface area contributed by atoms with Crippen LogP contribution in [0, 0.1) is 23.7 Å². The fourth-order valence-corrected chi connectivity index (χ4v) is 7.54. The van der Waals surface area contributed by atoms with Crippen LogP contribution in [0.3, 0.4) is 0 Å². The standard InChI is InChI=1S/C22H35NO3S/c1-4-8-17-11-16(15-27(25,26)23(5-2)6-3)12-19-14-21-18(13-20(17)19)9-7-10-22(21)24/h7,9-10,16-17,19-20,24H,4-6,8,11-15H2,1-3H3/t16-,17?,19-,20+/m1/s1. The Labute approximate surface area is 165 Å². The lowest BCUT2D eigenvalue weighted by Gasteiger charge is -2.45. The average molecular weight is 394 g/mol. The van der Waals surface area contributed by atoms with E-state index in [0.717, 1.165) is 37.7 Å². The lowest BCUT2D eigenvalue weighted by atomic mass is 9.60. The molecule has 1 saturated carbocycles. The summed E-state index contributed by atoms with van der Waals surface area (Å²) in [5, 5.41) is 10.3. The number of rotatable bonds is 7. The zero-order valence-corrected chi connectivity index (χ0v) is 17.8. The van der Waals surface area contributed by atoms with Crippen molar-refractivity contribution in [1.82, 2.24) is 4.31 Å². The molecule has 0 radical (unpaired) electrons. The largest absolute Gasteiger partial charge is 0.508 e. The van der Waals surface area contributed by atoms with Crippen molar-refractivity contribution in [2.45, 2.75) is 59.3 Å². The Bertz CT molecular complexity index is 742. The fourth-order valence-electron chi connectivity index (χ4n) is 5.68. The zero-order chi connectivity index (χ0) is 19.6. The normalized spacial score (nSPS) is 28.0. The molecule has 0 saturated heterocycles. The highest BCUT2D eigenvalue weighted by Gasteiger charge is 2.42. The van der Waals surface area contributed by atoms with E-state index < -0.39 is 10.0 Å². The van der Waals surface area contributed by atoms with E-state index in [-0.39, 0.29) is 11.7 Å². The molecule has 5 heteroatoms. The first-order valence-corrected chi connectivity index (χ1v) is 12.3. The van der Waals surface area contributed by atoms with Crippen LogP contribution in [0.5, 0.6) is 5.75 Å². The maximum absolute atomic E-state index is 12.8. The average Bonchev–Trinajstić information content (AvgIpc) is 2.62. The highest BCUT2D eigenvalue weighted by Crippen LogP contribution is 2.48. The first-order valence-electron chi connectivity index (χ1n) is 10.7. The van der Waals surface area contributed by atoms with Gasteiger partial charge in [0.1, 0.15) is 5.75 Å². The number of hydrogen-bond acceptors (Lipinski definition) is 3. The summed E-state index contributed by atoms with van der Waals surface area (Å²) in [6.07, 6.45) is 6.26. The Morgan fingerprint density at radius 2 is 1.85 bits per heavy atom. The predicted octanol–water partition coefficient (Wildman–Crippen LogP) is 4.22. The molecule has 4 atom stereocenters. The van der Waals surface area contributed by atoms with Gasteiger partial charge in [0, 0.05) is 13.1 Å². The molecule has 0 heterocycles. The number of phenolic OH excluding ortho intramolecular Hbond substituents is 1. The number of nitrogens with zero attached hydrogens (tertiary/aromatic N) is 1. The molecule has 1 unspecified atom stereocenters. The quantitative estimate of drug-likeness (QED) is 0.754. The van der Waals surface area contributed by atoms with Crippen LogP contribution in [-0.2, 0) is 22.9 Å². The van der Waals surface area contributed by atoms with Gasteiger partial charge in [-0.3, -0.25) is 0 Å². The summed E-state index contributed by atoms with van der Waals surface area (Å²) < 4.78 is 27.3. The molecule has 4 nitrogen and oxygen atoms in total. The summed E-state index contributed by atoms with van der Waals surface area (Å²) in [4.78, 5) is 0. The molecular weight excluding hydrogens is 358 g/mol. The Hall–Kier alpha value is -1.07. The van der Waals surface area contributed by atoms with Crippen molar-refractivity contribution in [2.75, 3.05) is 18.8 Å². The summed E-state index contributed by atoms with van der Waals surface area (Å²) in [6, 6.07) is 5.89. The molecule has 1 fully saturated rings. The highest BCUT2D eigenvalue weighted by atomic mass is 32.2.